The highest BCUT2D eigenvalue weighted by atomic mass is 16.5. The molecule has 0 aliphatic heterocycles. The molecule has 0 saturated heterocycles. The molecule has 0 fully saturated rings. The van der Waals surface area contributed by atoms with Crippen LogP contribution < -0.4 is 21.7 Å². The van der Waals surface area contributed by atoms with Crippen LogP contribution in [-0.4, -0.2) is 97.4 Å². The number of hydrogen-bond donors (Lipinski definition) is 4. The van der Waals surface area contributed by atoms with Crippen molar-refractivity contribution in [2.75, 3.05) is 85.6 Å². The van der Waals surface area contributed by atoms with Crippen molar-refractivity contribution in [3.63, 3.8) is 0 Å². The topological polar surface area (TPSA) is 133 Å². The summed E-state index contributed by atoms with van der Waals surface area (Å²) in [6.45, 7) is 8.17. The van der Waals surface area contributed by atoms with Gasteiger partial charge in [0.15, 0.2) is 0 Å². The van der Waals surface area contributed by atoms with Gasteiger partial charge in [0.25, 0.3) is 0 Å². The summed E-state index contributed by atoms with van der Waals surface area (Å²) in [4.78, 5) is 23.0. The van der Waals surface area contributed by atoms with Gasteiger partial charge < -0.3 is 40.6 Å². The minimum absolute atomic E-state index is 0.00302. The minimum Gasteiger partial charge on any atom is -0.378 e. The summed E-state index contributed by atoms with van der Waals surface area (Å²) in [7, 11) is 0. The van der Waals surface area contributed by atoms with E-state index in [9.17, 15) is 9.59 Å². The van der Waals surface area contributed by atoms with Crippen molar-refractivity contribution in [2.45, 2.75) is 32.6 Å². The molecule has 2 amide bonds. The number of carbonyl (C=O) groups excluding carboxylic acids is 2. The smallest absolute Gasteiger partial charge is 0.246 e. The number of hydrogen-bond acceptors (Lipinski definition) is 8. The number of nitrogens with two attached hydrogens (primary N) is 1. The third kappa shape index (κ3) is 23.0. The lowest BCUT2D eigenvalue weighted by Crippen LogP contribution is -2.31. The van der Waals surface area contributed by atoms with E-state index in [1.165, 1.54) is 0 Å². The van der Waals surface area contributed by atoms with Gasteiger partial charge in [-0.3, -0.25) is 9.59 Å². The van der Waals surface area contributed by atoms with Gasteiger partial charge in [-0.25, -0.2) is 0 Å². The Morgan fingerprint density at radius 3 is 1.83 bits per heavy atom. The van der Waals surface area contributed by atoms with Crippen molar-refractivity contribution in [2.24, 2.45) is 5.73 Å². The maximum Gasteiger partial charge on any atom is 0.246 e. The quantitative estimate of drug-likeness (QED) is 0.157. The van der Waals surface area contributed by atoms with E-state index in [1.807, 2.05) is 0 Å². The van der Waals surface area contributed by atoms with Crippen LogP contribution in [0.5, 0.6) is 0 Å². The molecule has 10 nitrogen and oxygen atoms in total. The normalized spacial score (nSPS) is 10.9. The lowest BCUT2D eigenvalue weighted by atomic mass is 10.3. The van der Waals surface area contributed by atoms with Crippen LogP contribution in [0.2, 0.25) is 0 Å². The van der Waals surface area contributed by atoms with Crippen molar-refractivity contribution >= 4 is 11.8 Å². The van der Waals surface area contributed by atoms with Crippen LogP contribution in [0.3, 0.4) is 0 Å². The van der Waals surface area contributed by atoms with E-state index in [2.05, 4.69) is 22.9 Å². The molecule has 0 aromatic heterocycles. The predicted molar refractivity (Wildman–Crippen MR) is 115 cm³/mol. The zero-order chi connectivity index (χ0) is 22.1. The van der Waals surface area contributed by atoms with Gasteiger partial charge in [-0.2, -0.15) is 0 Å². The summed E-state index contributed by atoms with van der Waals surface area (Å²) in [5, 5.41) is 8.74. The Kier molecular flexibility index (Phi) is 22.9. The summed E-state index contributed by atoms with van der Waals surface area (Å²) in [5.74, 6) is -0.309. The van der Waals surface area contributed by atoms with E-state index in [0.29, 0.717) is 52.7 Å². The second kappa shape index (κ2) is 24.0. The zero-order valence-electron chi connectivity index (χ0n) is 18.5. The molecular formula is C20H42N4O6. The van der Waals surface area contributed by atoms with Gasteiger partial charge in [-0.05, 0) is 32.4 Å². The molecule has 30 heavy (non-hydrogen) atoms. The highest BCUT2D eigenvalue weighted by Gasteiger charge is 2.02. The van der Waals surface area contributed by atoms with Gasteiger partial charge in [-0.1, -0.05) is 13.3 Å². The molecule has 178 valence electrons. The van der Waals surface area contributed by atoms with E-state index in [4.69, 9.17) is 24.7 Å². The number of ether oxygens (including phenoxy) is 4. The van der Waals surface area contributed by atoms with Gasteiger partial charge in [0.2, 0.25) is 11.8 Å². The van der Waals surface area contributed by atoms with Gasteiger partial charge in [0.1, 0.15) is 13.2 Å². The summed E-state index contributed by atoms with van der Waals surface area (Å²) in [6.07, 6.45) is 4.11. The highest BCUT2D eigenvalue weighted by Crippen LogP contribution is 1.85. The van der Waals surface area contributed by atoms with Gasteiger partial charge >= 0.3 is 0 Å². The Morgan fingerprint density at radius 2 is 1.23 bits per heavy atom. The molecule has 0 atom stereocenters. The Bertz CT molecular complexity index is 401. The largest absolute Gasteiger partial charge is 0.378 e. The summed E-state index contributed by atoms with van der Waals surface area (Å²) < 4.78 is 21.2. The van der Waals surface area contributed by atoms with Crippen LogP contribution in [0.1, 0.15) is 32.6 Å². The van der Waals surface area contributed by atoms with Crippen molar-refractivity contribution < 1.29 is 28.5 Å². The Labute approximate surface area is 180 Å². The fraction of sp³-hybridized carbons (Fsp3) is 0.900. The van der Waals surface area contributed by atoms with Crippen molar-refractivity contribution in [3.8, 4) is 0 Å². The molecule has 0 aromatic rings. The molecule has 0 unspecified atom stereocenters. The number of carbonyl (C=O) groups is 2. The van der Waals surface area contributed by atoms with Gasteiger partial charge in [0.05, 0.1) is 39.6 Å². The summed E-state index contributed by atoms with van der Waals surface area (Å²) >= 11 is 0. The number of nitrogens with one attached hydrogen (secondary N) is 3. The Balaban J connectivity index is 3.23. The lowest BCUT2D eigenvalue weighted by Gasteiger charge is -2.09. The number of rotatable bonds is 23. The van der Waals surface area contributed by atoms with E-state index >= 15 is 0 Å². The predicted octanol–water partition coefficient (Wildman–Crippen LogP) is -0.586. The average molecular weight is 435 g/mol. The maximum absolute atomic E-state index is 11.6. The first-order valence-electron chi connectivity index (χ1n) is 11.0. The fourth-order valence-electron chi connectivity index (χ4n) is 2.20. The minimum atomic E-state index is -0.194. The van der Waals surface area contributed by atoms with Crippen LogP contribution in [0.25, 0.3) is 0 Å². The average Bonchev–Trinajstić information content (AvgIpc) is 2.74. The number of unbranched alkanes of at least 4 members (excludes halogenated alkanes) is 2. The SMILES string of the molecule is CCCCNC(=O)COCCOCCNC(=O)COCCOCCNCCCCN. The molecule has 0 spiro atoms. The van der Waals surface area contributed by atoms with Crippen molar-refractivity contribution in [1.82, 2.24) is 16.0 Å². The van der Waals surface area contributed by atoms with E-state index in [1.54, 1.807) is 0 Å². The standard InChI is InChI=1S/C20H42N4O6/c1-2-3-8-23-19(25)17-29-16-14-28-12-10-24-20(26)18-30-15-13-27-11-9-22-7-5-4-6-21/h22H,2-18,21H2,1H3,(H,23,25)(H,24,26). The molecule has 0 aromatic carbocycles. The first kappa shape index (κ1) is 28.7. The van der Waals surface area contributed by atoms with Gasteiger partial charge in [-0.15, -0.1) is 0 Å². The monoisotopic (exact) mass is 434 g/mol. The molecular weight excluding hydrogens is 392 g/mol. The Hall–Kier alpha value is -1.30. The first-order chi connectivity index (χ1) is 14.7. The molecule has 0 aliphatic carbocycles. The second-order valence-electron chi connectivity index (χ2n) is 6.63. The lowest BCUT2D eigenvalue weighted by molar-refractivity contribution is -0.127. The molecule has 0 saturated carbocycles. The molecule has 5 N–H and O–H groups in total. The highest BCUT2D eigenvalue weighted by molar-refractivity contribution is 5.77. The first-order valence-corrected chi connectivity index (χ1v) is 11.0. The van der Waals surface area contributed by atoms with Crippen LogP contribution in [0, 0.1) is 0 Å². The molecule has 0 heterocycles. The van der Waals surface area contributed by atoms with Crippen LogP contribution >= 0.6 is 0 Å². The molecule has 0 radical (unpaired) electrons. The van der Waals surface area contributed by atoms with Gasteiger partial charge in [0, 0.05) is 19.6 Å². The summed E-state index contributed by atoms with van der Waals surface area (Å²) in [6, 6.07) is 0. The molecule has 0 aliphatic rings. The Morgan fingerprint density at radius 1 is 0.667 bits per heavy atom. The third-order valence-corrected chi connectivity index (χ3v) is 3.86. The molecule has 10 heteroatoms. The van der Waals surface area contributed by atoms with Crippen LogP contribution in [-0.2, 0) is 28.5 Å². The molecule has 0 rings (SSSR count). The van der Waals surface area contributed by atoms with E-state index in [0.717, 1.165) is 45.3 Å². The maximum atomic E-state index is 11.6. The molecule has 0 bridgehead atoms. The van der Waals surface area contributed by atoms with Crippen molar-refractivity contribution in [3.05, 3.63) is 0 Å². The van der Waals surface area contributed by atoms with Crippen molar-refractivity contribution in [1.29, 1.82) is 0 Å². The van der Waals surface area contributed by atoms with Crippen LogP contribution in [0.15, 0.2) is 0 Å². The summed E-state index contributed by atoms with van der Waals surface area (Å²) in [5.41, 5.74) is 5.42. The number of amides is 2. The third-order valence-electron chi connectivity index (χ3n) is 3.86. The second-order valence-corrected chi connectivity index (χ2v) is 6.63. The van der Waals surface area contributed by atoms with E-state index < -0.39 is 0 Å². The van der Waals surface area contributed by atoms with Crippen LogP contribution in [0.4, 0.5) is 0 Å². The van der Waals surface area contributed by atoms with E-state index in [-0.39, 0.29) is 25.0 Å². The fourth-order valence-corrected chi connectivity index (χ4v) is 2.20. The zero-order valence-corrected chi connectivity index (χ0v) is 18.5.